The average Bonchev–Trinajstić information content (AvgIpc) is 3.31. The predicted octanol–water partition coefficient (Wildman–Crippen LogP) is 3.20. The van der Waals surface area contributed by atoms with Gasteiger partial charge in [-0.05, 0) is 18.2 Å². The van der Waals surface area contributed by atoms with Crippen LogP contribution in [0.3, 0.4) is 0 Å². The van der Waals surface area contributed by atoms with E-state index in [0.29, 0.717) is 36.7 Å². The summed E-state index contributed by atoms with van der Waals surface area (Å²) < 4.78 is 28.9. The molecule has 0 aliphatic rings. The molecule has 0 aliphatic carbocycles. The Morgan fingerprint density at radius 2 is 1.88 bits per heavy atom. The van der Waals surface area contributed by atoms with Gasteiger partial charge in [0.15, 0.2) is 5.82 Å². The molecule has 0 spiro atoms. The molecule has 0 bridgehead atoms. The topological polar surface area (TPSA) is 113 Å². The zero-order valence-electron chi connectivity index (χ0n) is 19.6. The minimum Gasteiger partial charge on any atom is -0.331 e. The minimum atomic E-state index is -3.56. The first kappa shape index (κ1) is 23.9. The number of carbonyl (C=O) groups is 1. The molecule has 1 amide bonds. The molecule has 2 N–H and O–H groups in total. The summed E-state index contributed by atoms with van der Waals surface area (Å²) in [5.74, 6) is 1.05. The van der Waals surface area contributed by atoms with Gasteiger partial charge in [-0.15, -0.1) is 0 Å². The van der Waals surface area contributed by atoms with Crippen molar-refractivity contribution >= 4 is 32.8 Å². The Labute approximate surface area is 189 Å². The standard InChI is InChI=1S/C22H32N6O3S/c1-7-28(8-2)32(30,31)15-9-10-17-16(13-15)23-20(27(17)6)11-12-21(29)24-19-14-18(25-26-19)22(3,4)5/h9-10,13-14H,7-8,11-12H2,1-6H3,(H2,24,25,26,29). The van der Waals surface area contributed by atoms with Gasteiger partial charge < -0.3 is 9.88 Å². The van der Waals surface area contributed by atoms with Crippen molar-refractivity contribution in [2.75, 3.05) is 18.4 Å². The fraction of sp³-hybridized carbons (Fsp3) is 0.500. The number of aromatic nitrogens is 4. The van der Waals surface area contributed by atoms with E-state index in [1.54, 1.807) is 18.2 Å². The van der Waals surface area contributed by atoms with Gasteiger partial charge >= 0.3 is 0 Å². The van der Waals surface area contributed by atoms with Crippen molar-refractivity contribution in [3.63, 3.8) is 0 Å². The number of H-pyrrole nitrogens is 1. The number of amides is 1. The van der Waals surface area contributed by atoms with Crippen LogP contribution in [0.5, 0.6) is 0 Å². The number of fused-ring (bicyclic) bond motifs is 1. The zero-order valence-corrected chi connectivity index (χ0v) is 20.4. The van der Waals surface area contributed by atoms with E-state index in [1.807, 2.05) is 31.5 Å². The zero-order chi connectivity index (χ0) is 23.7. The summed E-state index contributed by atoms with van der Waals surface area (Å²) in [4.78, 5) is 17.2. The van der Waals surface area contributed by atoms with Gasteiger partial charge in [0.1, 0.15) is 5.82 Å². The average molecular weight is 461 g/mol. The number of aryl methyl sites for hydroxylation is 2. The number of sulfonamides is 1. The summed E-state index contributed by atoms with van der Waals surface area (Å²) in [7, 11) is -1.69. The molecule has 0 saturated carbocycles. The molecule has 10 heteroatoms. The van der Waals surface area contributed by atoms with Gasteiger partial charge in [0.25, 0.3) is 0 Å². The Hall–Kier alpha value is -2.72. The van der Waals surface area contributed by atoms with Crippen LogP contribution in [0.25, 0.3) is 11.0 Å². The molecule has 1 aromatic carbocycles. The molecule has 174 valence electrons. The molecular formula is C22H32N6O3S. The number of hydrogen-bond donors (Lipinski definition) is 2. The van der Waals surface area contributed by atoms with Crippen LogP contribution in [-0.2, 0) is 33.7 Å². The normalized spacial score (nSPS) is 12.6. The predicted molar refractivity (Wildman–Crippen MR) is 125 cm³/mol. The SMILES string of the molecule is CCN(CC)S(=O)(=O)c1ccc2c(c1)nc(CCC(=O)Nc1cc(C(C)(C)C)[nH]n1)n2C. The molecule has 0 saturated heterocycles. The van der Waals surface area contributed by atoms with Gasteiger partial charge in [0, 0.05) is 50.2 Å². The maximum atomic E-state index is 12.8. The van der Waals surface area contributed by atoms with E-state index in [0.717, 1.165) is 11.2 Å². The molecular weight excluding hydrogens is 428 g/mol. The van der Waals surface area contributed by atoms with Gasteiger partial charge in [-0.3, -0.25) is 9.89 Å². The number of hydrogen-bond acceptors (Lipinski definition) is 5. The van der Waals surface area contributed by atoms with E-state index >= 15 is 0 Å². The maximum Gasteiger partial charge on any atom is 0.243 e. The fourth-order valence-corrected chi connectivity index (χ4v) is 5.01. The van der Waals surface area contributed by atoms with Crippen LogP contribution in [0.4, 0.5) is 5.82 Å². The molecule has 2 heterocycles. The van der Waals surface area contributed by atoms with Gasteiger partial charge in [-0.25, -0.2) is 13.4 Å². The molecule has 0 radical (unpaired) electrons. The van der Waals surface area contributed by atoms with E-state index in [4.69, 9.17) is 0 Å². The quantitative estimate of drug-likeness (QED) is 0.536. The van der Waals surface area contributed by atoms with Gasteiger partial charge in [0.05, 0.1) is 15.9 Å². The lowest BCUT2D eigenvalue weighted by Crippen LogP contribution is -2.30. The number of benzene rings is 1. The van der Waals surface area contributed by atoms with E-state index in [2.05, 4.69) is 41.3 Å². The van der Waals surface area contributed by atoms with Crippen LogP contribution < -0.4 is 5.32 Å². The van der Waals surface area contributed by atoms with Crippen molar-refractivity contribution in [1.82, 2.24) is 24.1 Å². The lowest BCUT2D eigenvalue weighted by atomic mass is 9.92. The largest absolute Gasteiger partial charge is 0.331 e. The highest BCUT2D eigenvalue weighted by Gasteiger charge is 2.23. The first-order valence-corrected chi connectivity index (χ1v) is 12.2. The number of rotatable bonds is 8. The number of nitrogens with zero attached hydrogens (tertiary/aromatic N) is 4. The van der Waals surface area contributed by atoms with Gasteiger partial charge in [-0.2, -0.15) is 9.40 Å². The van der Waals surface area contributed by atoms with Crippen molar-refractivity contribution in [3.05, 3.63) is 35.8 Å². The second kappa shape index (κ2) is 9.03. The second-order valence-corrected chi connectivity index (χ2v) is 10.7. The monoisotopic (exact) mass is 460 g/mol. The van der Waals surface area contributed by atoms with Crippen LogP contribution in [0.1, 0.15) is 52.6 Å². The minimum absolute atomic E-state index is 0.0827. The van der Waals surface area contributed by atoms with Crippen LogP contribution in [0.15, 0.2) is 29.2 Å². The number of nitrogens with one attached hydrogen (secondary N) is 2. The van der Waals surface area contributed by atoms with Crippen LogP contribution >= 0.6 is 0 Å². The van der Waals surface area contributed by atoms with E-state index in [1.165, 1.54) is 4.31 Å². The summed E-state index contributed by atoms with van der Waals surface area (Å²) >= 11 is 0. The third-order valence-electron chi connectivity index (χ3n) is 5.52. The second-order valence-electron chi connectivity index (χ2n) is 8.79. The van der Waals surface area contributed by atoms with Crippen LogP contribution in [0, 0.1) is 0 Å². The Kier molecular flexibility index (Phi) is 6.75. The summed E-state index contributed by atoms with van der Waals surface area (Å²) in [5, 5.41) is 9.91. The number of aromatic amines is 1. The Balaban J connectivity index is 1.73. The van der Waals surface area contributed by atoms with E-state index in [-0.39, 0.29) is 22.6 Å². The number of imidazole rings is 1. The Bertz CT molecular complexity index is 1220. The lowest BCUT2D eigenvalue weighted by Gasteiger charge is -2.18. The highest BCUT2D eigenvalue weighted by Crippen LogP contribution is 2.24. The third-order valence-corrected chi connectivity index (χ3v) is 7.56. The highest BCUT2D eigenvalue weighted by molar-refractivity contribution is 7.89. The van der Waals surface area contributed by atoms with Crippen molar-refractivity contribution in [1.29, 1.82) is 0 Å². The summed E-state index contributed by atoms with van der Waals surface area (Å²) in [6.45, 7) is 10.6. The first-order chi connectivity index (χ1) is 15.0. The van der Waals surface area contributed by atoms with Crippen LogP contribution in [-0.4, -0.2) is 51.5 Å². The Morgan fingerprint density at radius 1 is 1.19 bits per heavy atom. The number of carbonyl (C=O) groups excluding carboxylic acids is 1. The van der Waals surface area contributed by atoms with Gasteiger partial charge in [0.2, 0.25) is 15.9 Å². The molecule has 3 rings (SSSR count). The van der Waals surface area contributed by atoms with E-state index in [9.17, 15) is 13.2 Å². The maximum absolute atomic E-state index is 12.8. The molecule has 0 unspecified atom stereocenters. The third kappa shape index (κ3) is 4.86. The number of anilines is 1. The smallest absolute Gasteiger partial charge is 0.243 e. The molecule has 32 heavy (non-hydrogen) atoms. The first-order valence-electron chi connectivity index (χ1n) is 10.8. The summed E-state index contributed by atoms with van der Waals surface area (Å²) in [6, 6.07) is 6.81. The van der Waals surface area contributed by atoms with Crippen LogP contribution in [0.2, 0.25) is 0 Å². The van der Waals surface area contributed by atoms with Gasteiger partial charge in [-0.1, -0.05) is 34.6 Å². The van der Waals surface area contributed by atoms with Crippen molar-refractivity contribution < 1.29 is 13.2 Å². The molecule has 2 aromatic heterocycles. The van der Waals surface area contributed by atoms with Crippen molar-refractivity contribution in [2.24, 2.45) is 7.05 Å². The summed E-state index contributed by atoms with van der Waals surface area (Å²) in [5.41, 5.74) is 2.28. The molecule has 0 atom stereocenters. The van der Waals surface area contributed by atoms with Crippen molar-refractivity contribution in [2.45, 2.75) is 57.8 Å². The Morgan fingerprint density at radius 3 is 2.47 bits per heavy atom. The lowest BCUT2D eigenvalue weighted by molar-refractivity contribution is -0.116. The molecule has 3 aromatic rings. The van der Waals surface area contributed by atoms with Crippen molar-refractivity contribution in [3.8, 4) is 0 Å². The molecule has 0 fully saturated rings. The van der Waals surface area contributed by atoms with E-state index < -0.39 is 10.0 Å². The molecule has 0 aliphatic heterocycles. The highest BCUT2D eigenvalue weighted by atomic mass is 32.2. The molecule has 9 nitrogen and oxygen atoms in total. The summed E-state index contributed by atoms with van der Waals surface area (Å²) in [6.07, 6.45) is 0.658. The fourth-order valence-electron chi connectivity index (χ4n) is 3.53.